The molecule has 5 nitrogen and oxygen atoms in total. The second-order valence-corrected chi connectivity index (χ2v) is 7.29. The average Bonchev–Trinajstić information content (AvgIpc) is 2.85. The van der Waals surface area contributed by atoms with Gasteiger partial charge in [-0.3, -0.25) is 9.36 Å². The zero-order chi connectivity index (χ0) is 16.7. The fourth-order valence-corrected chi connectivity index (χ4v) is 3.74. The molecule has 0 aliphatic rings. The predicted molar refractivity (Wildman–Crippen MR) is 91.5 cm³/mol. The van der Waals surface area contributed by atoms with Crippen LogP contribution in [0.1, 0.15) is 17.8 Å². The van der Waals surface area contributed by atoms with Crippen molar-refractivity contribution in [2.24, 2.45) is 0 Å². The Morgan fingerprint density at radius 2 is 2.00 bits per heavy atom. The maximum atomic E-state index is 12.8. The second kappa shape index (κ2) is 5.90. The van der Waals surface area contributed by atoms with Crippen molar-refractivity contribution in [3.63, 3.8) is 0 Å². The molecule has 3 rings (SSSR count). The summed E-state index contributed by atoms with van der Waals surface area (Å²) in [5.41, 5.74) is 1.33. The lowest BCUT2D eigenvalue weighted by molar-refractivity contribution is -0.309. The summed E-state index contributed by atoms with van der Waals surface area (Å²) in [6, 6.07) is 6.56. The molecular weight excluding hydrogens is 380 g/mol. The first-order valence-corrected chi connectivity index (χ1v) is 8.48. The van der Waals surface area contributed by atoms with Gasteiger partial charge >= 0.3 is 0 Å². The molecule has 1 aromatic carbocycles. The number of rotatable bonds is 3. The number of halogens is 1. The Morgan fingerprint density at radius 3 is 2.61 bits per heavy atom. The van der Waals surface area contributed by atoms with E-state index in [1.807, 2.05) is 31.2 Å². The topological polar surface area (TPSA) is 75.0 Å². The number of hydrogen-bond acceptors (Lipinski definition) is 5. The lowest BCUT2D eigenvalue weighted by atomic mass is 10.0. The molecule has 0 N–H and O–H groups in total. The molecule has 7 heteroatoms. The zero-order valence-electron chi connectivity index (χ0n) is 12.4. The summed E-state index contributed by atoms with van der Waals surface area (Å²) in [7, 11) is 0. The third-order valence-corrected chi connectivity index (χ3v) is 5.25. The molecule has 1 atom stereocenters. The number of carbonyl (C=O) groups is 1. The molecule has 3 aromatic rings. The Labute approximate surface area is 144 Å². The van der Waals surface area contributed by atoms with Crippen molar-refractivity contribution in [3.05, 3.63) is 50.3 Å². The van der Waals surface area contributed by atoms with E-state index in [-0.39, 0.29) is 5.56 Å². The van der Waals surface area contributed by atoms with Crippen molar-refractivity contribution < 1.29 is 9.90 Å². The van der Waals surface area contributed by atoms with Crippen molar-refractivity contribution >= 4 is 43.5 Å². The minimum atomic E-state index is -1.31. The monoisotopic (exact) mass is 391 g/mol. The number of carbonyl (C=O) groups excluding carboxylic acids is 1. The Kier molecular flexibility index (Phi) is 4.08. The van der Waals surface area contributed by atoms with Crippen LogP contribution in [0.25, 0.3) is 21.3 Å². The maximum absolute atomic E-state index is 12.8. The van der Waals surface area contributed by atoms with Crippen LogP contribution in [0.3, 0.4) is 0 Å². The van der Waals surface area contributed by atoms with Crippen molar-refractivity contribution in [2.45, 2.75) is 19.9 Å². The summed E-state index contributed by atoms with van der Waals surface area (Å²) < 4.78 is 2.05. The van der Waals surface area contributed by atoms with Gasteiger partial charge in [0.25, 0.3) is 5.56 Å². The lowest BCUT2D eigenvalue weighted by Gasteiger charge is -2.15. The van der Waals surface area contributed by atoms with Crippen molar-refractivity contribution in [1.82, 2.24) is 9.55 Å². The molecule has 23 heavy (non-hydrogen) atoms. The molecule has 0 aliphatic carbocycles. The average molecular weight is 392 g/mol. The van der Waals surface area contributed by atoms with Crippen LogP contribution in [-0.4, -0.2) is 15.5 Å². The number of thiophene rings is 1. The van der Waals surface area contributed by atoms with Gasteiger partial charge in [-0.05, 0) is 31.5 Å². The van der Waals surface area contributed by atoms with Crippen LogP contribution in [-0.2, 0) is 4.79 Å². The largest absolute Gasteiger partial charge is 0.548 e. The zero-order valence-corrected chi connectivity index (χ0v) is 14.8. The van der Waals surface area contributed by atoms with Crippen molar-refractivity contribution in [1.29, 1.82) is 0 Å². The van der Waals surface area contributed by atoms with Gasteiger partial charge in [0.1, 0.15) is 4.83 Å². The van der Waals surface area contributed by atoms with Gasteiger partial charge in [-0.1, -0.05) is 28.1 Å². The van der Waals surface area contributed by atoms with Crippen LogP contribution in [0.15, 0.2) is 39.9 Å². The Balaban J connectivity index is 2.32. The Bertz CT molecular complexity index is 960. The summed E-state index contributed by atoms with van der Waals surface area (Å²) in [6.45, 7) is 3.33. The SMILES string of the molecule is Cc1sc2ncn(C(C)C(=O)[O-])c(=O)c2c1-c1ccc(Br)cc1. The number of fused-ring (bicyclic) bond motifs is 1. The highest BCUT2D eigenvalue weighted by atomic mass is 79.9. The number of nitrogens with zero attached hydrogens (tertiary/aromatic N) is 2. The number of aliphatic carboxylic acids is 1. The van der Waals surface area contributed by atoms with Gasteiger partial charge in [-0.2, -0.15) is 0 Å². The van der Waals surface area contributed by atoms with E-state index in [0.717, 1.165) is 25.0 Å². The molecule has 0 bridgehead atoms. The third kappa shape index (κ3) is 2.70. The van der Waals surface area contributed by atoms with Gasteiger partial charge in [0.2, 0.25) is 0 Å². The molecule has 0 saturated carbocycles. The van der Waals surface area contributed by atoms with Gasteiger partial charge in [-0.25, -0.2) is 4.98 Å². The highest BCUT2D eigenvalue weighted by Crippen LogP contribution is 2.35. The van der Waals surface area contributed by atoms with E-state index in [4.69, 9.17) is 0 Å². The third-order valence-electron chi connectivity index (χ3n) is 3.70. The number of carboxylic acid groups (broad SMARTS) is 1. The first-order valence-electron chi connectivity index (χ1n) is 6.87. The van der Waals surface area contributed by atoms with E-state index in [1.54, 1.807) is 0 Å². The highest BCUT2D eigenvalue weighted by molar-refractivity contribution is 9.10. The number of benzene rings is 1. The summed E-state index contributed by atoms with van der Waals surface area (Å²) in [5.74, 6) is -1.31. The molecule has 0 radical (unpaired) electrons. The quantitative estimate of drug-likeness (QED) is 0.687. The summed E-state index contributed by atoms with van der Waals surface area (Å²) in [4.78, 5) is 29.7. The van der Waals surface area contributed by atoms with Gasteiger partial charge in [0, 0.05) is 14.9 Å². The smallest absolute Gasteiger partial charge is 0.263 e. The fourth-order valence-electron chi connectivity index (χ4n) is 2.47. The number of aryl methyl sites for hydroxylation is 1. The number of hydrogen-bond donors (Lipinski definition) is 0. The molecule has 0 amide bonds. The fraction of sp³-hybridized carbons (Fsp3) is 0.188. The van der Waals surface area contributed by atoms with Crippen LogP contribution < -0.4 is 10.7 Å². The summed E-state index contributed by atoms with van der Waals surface area (Å²) >= 11 is 4.81. The van der Waals surface area contributed by atoms with Crippen LogP contribution in [0, 0.1) is 6.92 Å². The van der Waals surface area contributed by atoms with Crippen LogP contribution in [0.4, 0.5) is 0 Å². The highest BCUT2D eigenvalue weighted by Gasteiger charge is 2.18. The molecule has 1 unspecified atom stereocenters. The lowest BCUT2D eigenvalue weighted by Crippen LogP contribution is -2.36. The minimum Gasteiger partial charge on any atom is -0.548 e. The maximum Gasteiger partial charge on any atom is 0.263 e. The normalized spacial score (nSPS) is 12.5. The van der Waals surface area contributed by atoms with E-state index < -0.39 is 12.0 Å². The molecule has 0 spiro atoms. The summed E-state index contributed by atoms with van der Waals surface area (Å²) in [6.07, 6.45) is 1.27. The minimum absolute atomic E-state index is 0.367. The Morgan fingerprint density at radius 1 is 1.35 bits per heavy atom. The number of carboxylic acids is 1. The summed E-state index contributed by atoms with van der Waals surface area (Å²) in [5, 5.41) is 11.5. The van der Waals surface area contributed by atoms with E-state index in [1.165, 1.54) is 24.6 Å². The van der Waals surface area contributed by atoms with E-state index >= 15 is 0 Å². The van der Waals surface area contributed by atoms with E-state index in [0.29, 0.717) is 10.2 Å². The van der Waals surface area contributed by atoms with Crippen molar-refractivity contribution in [3.8, 4) is 11.1 Å². The van der Waals surface area contributed by atoms with Crippen LogP contribution in [0.5, 0.6) is 0 Å². The van der Waals surface area contributed by atoms with Crippen molar-refractivity contribution in [2.75, 3.05) is 0 Å². The first kappa shape index (κ1) is 15.9. The molecule has 118 valence electrons. The second-order valence-electron chi connectivity index (χ2n) is 5.17. The molecule has 0 aliphatic heterocycles. The molecule has 2 heterocycles. The molecule has 0 fully saturated rings. The van der Waals surface area contributed by atoms with Gasteiger partial charge in [0.15, 0.2) is 0 Å². The molecule has 2 aromatic heterocycles. The predicted octanol–water partition coefficient (Wildman–Crippen LogP) is 2.51. The van der Waals surface area contributed by atoms with Gasteiger partial charge in [-0.15, -0.1) is 11.3 Å². The molecule has 0 saturated heterocycles. The number of aromatic nitrogens is 2. The molecular formula is C16H12BrN2O3S-. The van der Waals surface area contributed by atoms with Crippen LogP contribution >= 0.6 is 27.3 Å². The van der Waals surface area contributed by atoms with Gasteiger partial charge < -0.3 is 9.90 Å². The van der Waals surface area contributed by atoms with E-state index in [2.05, 4.69) is 20.9 Å². The Hall–Kier alpha value is -1.99. The van der Waals surface area contributed by atoms with E-state index in [9.17, 15) is 14.7 Å². The van der Waals surface area contributed by atoms with Gasteiger partial charge in [0.05, 0.1) is 23.7 Å². The van der Waals surface area contributed by atoms with Crippen LogP contribution in [0.2, 0.25) is 0 Å². The standard InChI is InChI=1S/C16H13BrN2O3S/c1-8(16(21)22)19-7-18-14-13(15(19)20)12(9(2)23-14)10-3-5-11(17)6-4-10/h3-8H,1-2H3,(H,21,22)/p-1. The first-order chi connectivity index (χ1) is 10.9.